The number of fused-ring (bicyclic) bond motifs is 3. The quantitative estimate of drug-likeness (QED) is 0.493. The first-order valence-corrected chi connectivity index (χ1v) is 8.22. The Kier molecular flexibility index (Phi) is 3.41. The number of carbonyl (C=O) groups is 2. The van der Waals surface area contributed by atoms with E-state index in [1.54, 1.807) is 13.0 Å². The first-order chi connectivity index (χ1) is 11.7. The molecule has 0 bridgehead atoms. The number of benzene rings is 2. The molecule has 1 saturated carbocycles. The highest BCUT2D eigenvalue weighted by Gasteiger charge is 2.68. The highest BCUT2D eigenvalue weighted by Crippen LogP contribution is 2.65. The van der Waals surface area contributed by atoms with E-state index in [9.17, 15) is 9.59 Å². The Bertz CT molecular complexity index is 798. The maximum atomic E-state index is 12.7. The molecule has 1 aliphatic carbocycles. The van der Waals surface area contributed by atoms with E-state index in [2.05, 4.69) is 0 Å². The number of hydrogen-bond donors (Lipinski definition) is 0. The minimum Gasteiger partial charge on any atom is -0.465 e. The molecule has 1 unspecified atom stereocenters. The van der Waals surface area contributed by atoms with Gasteiger partial charge in [0.1, 0.15) is 5.75 Å². The van der Waals surface area contributed by atoms with Crippen molar-refractivity contribution >= 4 is 11.9 Å². The highest BCUT2D eigenvalue weighted by molar-refractivity contribution is 6.05. The van der Waals surface area contributed by atoms with Crippen LogP contribution in [0.15, 0.2) is 54.6 Å². The summed E-state index contributed by atoms with van der Waals surface area (Å²) in [4.78, 5) is 25.4. The summed E-state index contributed by atoms with van der Waals surface area (Å²) in [6.45, 7) is 2.00. The highest BCUT2D eigenvalue weighted by atomic mass is 16.6. The van der Waals surface area contributed by atoms with Crippen molar-refractivity contribution < 1.29 is 19.1 Å². The van der Waals surface area contributed by atoms with Gasteiger partial charge in [0.25, 0.3) is 0 Å². The van der Waals surface area contributed by atoms with Crippen molar-refractivity contribution in [3.8, 4) is 5.75 Å². The number of ether oxygens (including phenoxy) is 2. The molecule has 122 valence electrons. The lowest BCUT2D eigenvalue weighted by Crippen LogP contribution is -2.59. The van der Waals surface area contributed by atoms with Gasteiger partial charge in [-0.25, -0.2) is 0 Å². The lowest BCUT2D eigenvalue weighted by molar-refractivity contribution is -0.180. The molecule has 4 heteroatoms. The van der Waals surface area contributed by atoms with Crippen molar-refractivity contribution in [2.45, 2.75) is 25.2 Å². The maximum absolute atomic E-state index is 12.7. The molecule has 2 aromatic carbocycles. The molecule has 0 aromatic heterocycles. The Labute approximate surface area is 140 Å². The summed E-state index contributed by atoms with van der Waals surface area (Å²) in [5.41, 5.74) is 0.822. The maximum Gasteiger partial charge on any atom is 0.329 e. The normalized spacial score (nSPS) is 27.3. The van der Waals surface area contributed by atoms with E-state index in [-0.39, 0.29) is 18.4 Å². The largest absolute Gasteiger partial charge is 0.465 e. The predicted octanol–water partition coefficient (Wildman–Crippen LogP) is 3.43. The van der Waals surface area contributed by atoms with Gasteiger partial charge in [-0.05, 0) is 30.9 Å². The molecular weight excluding hydrogens is 304 g/mol. The van der Waals surface area contributed by atoms with E-state index in [1.165, 1.54) is 0 Å². The van der Waals surface area contributed by atoms with Gasteiger partial charge < -0.3 is 9.47 Å². The van der Waals surface area contributed by atoms with Crippen LogP contribution >= 0.6 is 0 Å². The van der Waals surface area contributed by atoms with Gasteiger partial charge in [-0.3, -0.25) is 9.59 Å². The monoisotopic (exact) mass is 322 g/mol. The summed E-state index contributed by atoms with van der Waals surface area (Å²) < 4.78 is 10.7. The predicted molar refractivity (Wildman–Crippen MR) is 87.7 cm³/mol. The fourth-order valence-electron chi connectivity index (χ4n) is 4.05. The molecule has 2 aliphatic rings. The molecule has 0 spiro atoms. The second-order valence-corrected chi connectivity index (χ2v) is 6.32. The molecule has 2 aromatic rings. The summed E-state index contributed by atoms with van der Waals surface area (Å²) in [6, 6.07) is 17.5. The van der Waals surface area contributed by atoms with Crippen LogP contribution < -0.4 is 4.74 Å². The summed E-state index contributed by atoms with van der Waals surface area (Å²) in [5.74, 6) is -0.549. The molecule has 0 amide bonds. The van der Waals surface area contributed by atoms with E-state index >= 15 is 0 Å². The van der Waals surface area contributed by atoms with E-state index in [4.69, 9.17) is 9.47 Å². The van der Waals surface area contributed by atoms with Crippen LogP contribution in [0.4, 0.5) is 0 Å². The van der Waals surface area contributed by atoms with Crippen LogP contribution in [0.3, 0.4) is 0 Å². The number of para-hydroxylation sites is 1. The third-order valence-corrected chi connectivity index (χ3v) is 5.16. The molecule has 0 saturated heterocycles. The second-order valence-electron chi connectivity index (χ2n) is 6.32. The summed E-state index contributed by atoms with van der Waals surface area (Å²) in [7, 11) is 0. The van der Waals surface area contributed by atoms with Gasteiger partial charge in [0.2, 0.25) is 0 Å². The second kappa shape index (κ2) is 5.48. The number of rotatable bonds is 3. The Hall–Kier alpha value is -2.62. The van der Waals surface area contributed by atoms with Gasteiger partial charge in [0.05, 0.1) is 6.61 Å². The Morgan fingerprint density at radius 3 is 2.62 bits per heavy atom. The summed E-state index contributed by atoms with van der Waals surface area (Å²) >= 11 is 0. The van der Waals surface area contributed by atoms with E-state index < -0.39 is 17.4 Å². The van der Waals surface area contributed by atoms with Gasteiger partial charge in [-0.1, -0.05) is 48.5 Å². The van der Waals surface area contributed by atoms with Crippen LogP contribution in [0.25, 0.3) is 0 Å². The Morgan fingerprint density at radius 1 is 1.17 bits per heavy atom. The molecule has 3 atom stereocenters. The van der Waals surface area contributed by atoms with Crippen molar-refractivity contribution in [3.05, 3.63) is 65.7 Å². The molecule has 1 fully saturated rings. The zero-order valence-corrected chi connectivity index (χ0v) is 13.4. The molecule has 24 heavy (non-hydrogen) atoms. The van der Waals surface area contributed by atoms with Gasteiger partial charge in [0.15, 0.2) is 5.41 Å². The van der Waals surface area contributed by atoms with Crippen molar-refractivity contribution in [2.24, 2.45) is 5.41 Å². The average molecular weight is 322 g/mol. The fraction of sp³-hybridized carbons (Fsp3) is 0.300. The molecule has 4 rings (SSSR count). The van der Waals surface area contributed by atoms with Gasteiger partial charge in [-0.2, -0.15) is 0 Å². The Morgan fingerprint density at radius 2 is 1.88 bits per heavy atom. The van der Waals surface area contributed by atoms with E-state index in [1.807, 2.05) is 48.5 Å². The van der Waals surface area contributed by atoms with Gasteiger partial charge in [0, 0.05) is 11.5 Å². The molecule has 1 aliphatic heterocycles. The third kappa shape index (κ3) is 1.92. The molecule has 0 radical (unpaired) electrons. The van der Waals surface area contributed by atoms with Crippen LogP contribution in [0.1, 0.15) is 36.3 Å². The minimum atomic E-state index is -1.22. The lowest BCUT2D eigenvalue weighted by Gasteiger charge is -2.53. The number of hydrogen-bond acceptors (Lipinski definition) is 4. The lowest BCUT2D eigenvalue weighted by atomic mass is 9.49. The van der Waals surface area contributed by atoms with Crippen LogP contribution in [-0.2, 0) is 14.3 Å². The molecule has 0 N–H and O–H groups in total. The standard InChI is InChI=1S/C20H18O4/c1-2-23-18(21)20-12-15(13-8-4-3-5-9-13)17(20)14-10-6-7-11-16(14)24-19(20)22/h3-11,15,17H,2,12H2,1H3/t15?,17-,20+/m0/s1. The molecule has 4 nitrogen and oxygen atoms in total. The number of carbonyl (C=O) groups excluding carboxylic acids is 2. The van der Waals surface area contributed by atoms with Crippen LogP contribution in [0, 0.1) is 5.41 Å². The first kappa shape index (κ1) is 14.9. The zero-order valence-electron chi connectivity index (χ0n) is 13.4. The first-order valence-electron chi connectivity index (χ1n) is 8.22. The van der Waals surface area contributed by atoms with E-state index in [0.29, 0.717) is 12.2 Å². The minimum absolute atomic E-state index is 0.101. The topological polar surface area (TPSA) is 52.6 Å². The zero-order chi connectivity index (χ0) is 16.7. The number of esters is 2. The fourth-order valence-corrected chi connectivity index (χ4v) is 4.05. The van der Waals surface area contributed by atoms with Crippen LogP contribution in [0.5, 0.6) is 5.75 Å². The molecule has 1 heterocycles. The third-order valence-electron chi connectivity index (χ3n) is 5.16. The summed E-state index contributed by atoms with van der Waals surface area (Å²) in [5, 5.41) is 0. The van der Waals surface area contributed by atoms with E-state index in [0.717, 1.165) is 11.1 Å². The summed E-state index contributed by atoms with van der Waals surface area (Å²) in [6.07, 6.45) is 0.424. The van der Waals surface area contributed by atoms with Crippen LogP contribution in [-0.4, -0.2) is 18.5 Å². The van der Waals surface area contributed by atoms with Crippen LogP contribution in [0.2, 0.25) is 0 Å². The van der Waals surface area contributed by atoms with Gasteiger partial charge >= 0.3 is 11.9 Å². The van der Waals surface area contributed by atoms with Crippen molar-refractivity contribution in [1.82, 2.24) is 0 Å². The smallest absolute Gasteiger partial charge is 0.329 e. The van der Waals surface area contributed by atoms with Crippen molar-refractivity contribution in [3.63, 3.8) is 0 Å². The van der Waals surface area contributed by atoms with Crippen molar-refractivity contribution in [2.75, 3.05) is 6.61 Å². The van der Waals surface area contributed by atoms with Crippen molar-refractivity contribution in [1.29, 1.82) is 0 Å². The SMILES string of the molecule is CCOC(=O)[C@@]12CC(c3ccccc3)[C@@H]1c1ccccc1OC2=O. The Balaban J connectivity index is 1.83. The molecular formula is C20H18O4. The average Bonchev–Trinajstić information content (AvgIpc) is 2.56. The van der Waals surface area contributed by atoms with Gasteiger partial charge in [-0.15, -0.1) is 0 Å².